The van der Waals surface area contributed by atoms with Gasteiger partial charge in [-0.1, -0.05) is 66.7 Å². The summed E-state index contributed by atoms with van der Waals surface area (Å²) < 4.78 is 11.3. The van der Waals surface area contributed by atoms with Crippen LogP contribution in [0, 0.1) is 0 Å². The first-order valence-electron chi connectivity index (χ1n) is 11.1. The summed E-state index contributed by atoms with van der Waals surface area (Å²) in [5.41, 5.74) is 3.85. The quantitative estimate of drug-likeness (QED) is 0.170. The summed E-state index contributed by atoms with van der Waals surface area (Å²) in [7, 11) is 0. The largest absolute Gasteiger partial charge is 0.490 e. The third-order valence-corrected chi connectivity index (χ3v) is 5.23. The highest BCUT2D eigenvalue weighted by Crippen LogP contribution is 2.30. The Morgan fingerprint density at radius 2 is 1.69 bits per heavy atom. The van der Waals surface area contributed by atoms with Gasteiger partial charge < -0.3 is 14.6 Å². The molecule has 7 nitrogen and oxygen atoms in total. The molecule has 2 N–H and O–H groups in total. The van der Waals surface area contributed by atoms with E-state index in [4.69, 9.17) is 9.47 Å². The molecule has 0 heterocycles. The second kappa shape index (κ2) is 11.1. The number of aliphatic hydroxyl groups is 1. The number of nitrogens with zero attached hydrogens (tertiary/aromatic N) is 1. The van der Waals surface area contributed by atoms with Gasteiger partial charge in [-0.2, -0.15) is 5.10 Å². The molecule has 35 heavy (non-hydrogen) atoms. The minimum absolute atomic E-state index is 0.269. The van der Waals surface area contributed by atoms with Crippen molar-refractivity contribution in [2.45, 2.75) is 13.0 Å². The maximum atomic E-state index is 12.9. The fourth-order valence-corrected chi connectivity index (χ4v) is 3.53. The first kappa shape index (κ1) is 23.7. The van der Waals surface area contributed by atoms with Crippen LogP contribution >= 0.6 is 0 Å². The molecule has 4 aromatic rings. The molecule has 0 aliphatic heterocycles. The number of hydrogen-bond acceptors (Lipinski definition) is 6. The molecule has 4 rings (SSSR count). The van der Waals surface area contributed by atoms with E-state index in [1.54, 1.807) is 54.6 Å². The number of hydrazone groups is 1. The third kappa shape index (κ3) is 5.72. The number of esters is 1. The summed E-state index contributed by atoms with van der Waals surface area (Å²) in [5.74, 6) is -0.518. The first-order chi connectivity index (χ1) is 17.1. The third-order valence-electron chi connectivity index (χ3n) is 5.23. The normalized spacial score (nSPS) is 11.8. The summed E-state index contributed by atoms with van der Waals surface area (Å²) in [5, 5.41) is 15.8. The lowest BCUT2D eigenvalue weighted by atomic mass is 10.0. The van der Waals surface area contributed by atoms with Gasteiger partial charge in [-0.05, 0) is 53.1 Å². The molecule has 0 unspecified atom stereocenters. The van der Waals surface area contributed by atoms with Crippen LogP contribution in [0.4, 0.5) is 0 Å². The average Bonchev–Trinajstić information content (AvgIpc) is 2.89. The van der Waals surface area contributed by atoms with E-state index in [0.717, 1.165) is 10.8 Å². The van der Waals surface area contributed by atoms with Crippen LogP contribution in [0.3, 0.4) is 0 Å². The van der Waals surface area contributed by atoms with Gasteiger partial charge in [-0.15, -0.1) is 0 Å². The van der Waals surface area contributed by atoms with Gasteiger partial charge in [-0.3, -0.25) is 4.79 Å². The SMILES string of the molecule is CCOc1cc(/C=N\NC(=O)[C@H](O)c2ccccc2)ccc1OC(=O)c1cccc2ccccc12. The lowest BCUT2D eigenvalue weighted by molar-refractivity contribution is -0.129. The van der Waals surface area contributed by atoms with Gasteiger partial charge >= 0.3 is 5.97 Å². The molecule has 0 bridgehead atoms. The molecular formula is C28H24N2O5. The van der Waals surface area contributed by atoms with Crippen molar-refractivity contribution in [3.8, 4) is 11.5 Å². The number of rotatable bonds is 8. The highest BCUT2D eigenvalue weighted by atomic mass is 16.6. The van der Waals surface area contributed by atoms with Crippen molar-refractivity contribution in [2.75, 3.05) is 6.61 Å². The van der Waals surface area contributed by atoms with Gasteiger partial charge in [0.2, 0.25) is 0 Å². The lowest BCUT2D eigenvalue weighted by Gasteiger charge is -2.12. The van der Waals surface area contributed by atoms with Crippen LogP contribution in [-0.4, -0.2) is 29.8 Å². The molecule has 0 spiro atoms. The van der Waals surface area contributed by atoms with Crippen LogP contribution in [0.2, 0.25) is 0 Å². The Kier molecular flexibility index (Phi) is 7.50. The predicted octanol–water partition coefficient (Wildman–Crippen LogP) is 4.64. The minimum Gasteiger partial charge on any atom is -0.490 e. The fraction of sp³-hybridized carbons (Fsp3) is 0.107. The Morgan fingerprint density at radius 1 is 0.943 bits per heavy atom. The maximum Gasteiger partial charge on any atom is 0.344 e. The van der Waals surface area contributed by atoms with E-state index in [0.29, 0.717) is 29.0 Å². The monoisotopic (exact) mass is 468 g/mol. The topological polar surface area (TPSA) is 97.2 Å². The van der Waals surface area contributed by atoms with E-state index in [1.165, 1.54) is 6.21 Å². The molecule has 0 aliphatic rings. The molecule has 1 amide bonds. The number of benzene rings is 4. The van der Waals surface area contributed by atoms with Crippen LogP contribution < -0.4 is 14.9 Å². The zero-order chi connectivity index (χ0) is 24.6. The molecule has 0 saturated heterocycles. The van der Waals surface area contributed by atoms with Crippen LogP contribution in [0.15, 0.2) is 96.1 Å². The number of amides is 1. The highest BCUT2D eigenvalue weighted by Gasteiger charge is 2.17. The minimum atomic E-state index is -1.33. The van der Waals surface area contributed by atoms with Crippen molar-refractivity contribution < 1.29 is 24.2 Å². The Balaban J connectivity index is 1.47. The zero-order valence-corrected chi connectivity index (χ0v) is 19.0. The second-order valence-electron chi connectivity index (χ2n) is 7.60. The summed E-state index contributed by atoms with van der Waals surface area (Å²) in [6.07, 6.45) is 0.0808. The van der Waals surface area contributed by atoms with Crippen molar-refractivity contribution in [1.82, 2.24) is 5.43 Å². The Bertz CT molecular complexity index is 1360. The molecule has 1 atom stereocenters. The smallest absolute Gasteiger partial charge is 0.344 e. The molecule has 7 heteroatoms. The van der Waals surface area contributed by atoms with Crippen molar-refractivity contribution in [3.05, 3.63) is 108 Å². The zero-order valence-electron chi connectivity index (χ0n) is 19.0. The van der Waals surface area contributed by atoms with Gasteiger partial charge in [0, 0.05) is 0 Å². The molecular weight excluding hydrogens is 444 g/mol. The van der Waals surface area contributed by atoms with Gasteiger partial charge in [0.25, 0.3) is 5.91 Å². The molecule has 0 aromatic heterocycles. The molecule has 0 fully saturated rings. The number of hydrogen-bond donors (Lipinski definition) is 2. The number of ether oxygens (including phenoxy) is 2. The van der Waals surface area contributed by atoms with E-state index < -0.39 is 18.0 Å². The summed E-state index contributed by atoms with van der Waals surface area (Å²) in [6.45, 7) is 2.18. The van der Waals surface area contributed by atoms with Crippen molar-refractivity contribution >= 4 is 28.9 Å². The molecule has 176 valence electrons. The summed E-state index contributed by atoms with van der Waals surface area (Å²) in [4.78, 5) is 25.1. The van der Waals surface area contributed by atoms with Crippen LogP contribution in [-0.2, 0) is 4.79 Å². The van der Waals surface area contributed by atoms with E-state index in [9.17, 15) is 14.7 Å². The Morgan fingerprint density at radius 3 is 2.49 bits per heavy atom. The second-order valence-corrected chi connectivity index (χ2v) is 7.60. The van der Waals surface area contributed by atoms with E-state index in [2.05, 4.69) is 10.5 Å². The van der Waals surface area contributed by atoms with Crippen molar-refractivity contribution in [2.24, 2.45) is 5.10 Å². The Labute approximate surface area is 202 Å². The van der Waals surface area contributed by atoms with Crippen LogP contribution in [0.25, 0.3) is 10.8 Å². The van der Waals surface area contributed by atoms with Gasteiger partial charge in [0.1, 0.15) is 0 Å². The standard InChI is InChI=1S/C28H24N2O5/c1-2-34-25-17-19(18-29-30-27(32)26(31)21-10-4-3-5-11-21)15-16-24(25)35-28(33)23-14-8-12-20-9-6-7-13-22(20)23/h3-18,26,31H,2H2,1H3,(H,30,32)/b29-18-/t26-/m1/s1. The molecule has 0 aliphatic carbocycles. The fourth-order valence-electron chi connectivity index (χ4n) is 3.53. The molecule has 0 radical (unpaired) electrons. The van der Waals surface area contributed by atoms with Gasteiger partial charge in [0.15, 0.2) is 17.6 Å². The van der Waals surface area contributed by atoms with Crippen LogP contribution in [0.5, 0.6) is 11.5 Å². The lowest BCUT2D eigenvalue weighted by Crippen LogP contribution is -2.25. The summed E-state index contributed by atoms with van der Waals surface area (Å²) in [6, 6.07) is 26.6. The van der Waals surface area contributed by atoms with E-state index >= 15 is 0 Å². The van der Waals surface area contributed by atoms with E-state index in [-0.39, 0.29) is 5.75 Å². The van der Waals surface area contributed by atoms with Crippen molar-refractivity contribution in [3.63, 3.8) is 0 Å². The number of carbonyl (C=O) groups excluding carboxylic acids is 2. The number of carbonyl (C=O) groups is 2. The van der Waals surface area contributed by atoms with Gasteiger partial charge in [-0.25, -0.2) is 10.2 Å². The summed E-state index contributed by atoms with van der Waals surface area (Å²) >= 11 is 0. The highest BCUT2D eigenvalue weighted by molar-refractivity contribution is 6.05. The predicted molar refractivity (Wildman–Crippen MR) is 134 cm³/mol. The van der Waals surface area contributed by atoms with E-state index in [1.807, 2.05) is 43.3 Å². The average molecular weight is 469 g/mol. The Hall–Kier alpha value is -4.49. The first-order valence-corrected chi connectivity index (χ1v) is 11.1. The van der Waals surface area contributed by atoms with Crippen LogP contribution in [0.1, 0.15) is 34.5 Å². The van der Waals surface area contributed by atoms with Gasteiger partial charge in [0.05, 0.1) is 18.4 Å². The molecule has 0 saturated carbocycles. The maximum absolute atomic E-state index is 12.9. The number of fused-ring (bicyclic) bond motifs is 1. The number of aliphatic hydroxyl groups excluding tert-OH is 1. The number of nitrogens with one attached hydrogen (secondary N) is 1. The molecule has 4 aromatic carbocycles. The van der Waals surface area contributed by atoms with Crippen molar-refractivity contribution in [1.29, 1.82) is 0 Å².